The van der Waals surface area contributed by atoms with E-state index in [1.165, 1.54) is 81.8 Å². The highest BCUT2D eigenvalue weighted by molar-refractivity contribution is 7.33. The van der Waals surface area contributed by atoms with Crippen LogP contribution in [0.2, 0.25) is 0 Å². The molecule has 0 saturated heterocycles. The van der Waals surface area contributed by atoms with Gasteiger partial charge in [0, 0.05) is 48.4 Å². The van der Waals surface area contributed by atoms with Crippen molar-refractivity contribution in [3.05, 3.63) is 152 Å². The summed E-state index contributed by atoms with van der Waals surface area (Å²) in [6.07, 6.45) is 0. The monoisotopic (exact) mass is 576 g/mol. The lowest BCUT2D eigenvalue weighted by Gasteiger charge is -2.39. The van der Waals surface area contributed by atoms with Gasteiger partial charge in [-0.1, -0.05) is 121 Å². The molecule has 0 atom stereocenters. The van der Waals surface area contributed by atoms with Crippen LogP contribution in [0, 0.1) is 0 Å². The van der Waals surface area contributed by atoms with E-state index in [1.807, 2.05) is 11.3 Å². The van der Waals surface area contributed by atoms with Crippen LogP contribution in [-0.4, -0.2) is 11.3 Å². The molecule has 2 aromatic heterocycles. The summed E-state index contributed by atoms with van der Waals surface area (Å²) in [6, 6.07) is 55.5. The number of rotatable bonds is 3. The van der Waals surface area contributed by atoms with E-state index in [-0.39, 0.29) is 6.71 Å². The van der Waals surface area contributed by atoms with E-state index in [0.29, 0.717) is 0 Å². The van der Waals surface area contributed by atoms with Gasteiger partial charge < -0.3 is 9.47 Å². The Morgan fingerprint density at radius 2 is 1.16 bits per heavy atom. The number of anilines is 3. The molecule has 8 aromatic rings. The Hall–Kier alpha value is -5.32. The molecule has 0 spiro atoms. The molecule has 4 heterocycles. The molecule has 0 radical (unpaired) electrons. The second-order valence-corrected chi connectivity index (χ2v) is 12.7. The number of thiophene rings is 1. The first-order valence-corrected chi connectivity index (χ1v) is 16.0. The Labute approximate surface area is 260 Å². The first-order chi connectivity index (χ1) is 21.9. The van der Waals surface area contributed by atoms with Crippen LogP contribution < -0.4 is 20.6 Å². The molecule has 0 amide bonds. The van der Waals surface area contributed by atoms with Crippen molar-refractivity contribution in [3.8, 4) is 28.1 Å². The molecule has 6 aromatic carbocycles. The summed E-state index contributed by atoms with van der Waals surface area (Å²) in [5, 5.41) is 2.62. The third-order valence-corrected chi connectivity index (χ3v) is 10.6. The van der Waals surface area contributed by atoms with E-state index in [1.54, 1.807) is 0 Å². The molecule has 4 heteroatoms. The first kappa shape index (κ1) is 24.2. The Bertz CT molecular complexity index is 2390. The summed E-state index contributed by atoms with van der Waals surface area (Å²) in [5.41, 5.74) is 14.1. The van der Waals surface area contributed by atoms with Crippen molar-refractivity contribution in [2.24, 2.45) is 0 Å². The molecule has 0 fully saturated rings. The van der Waals surface area contributed by atoms with Gasteiger partial charge in [0.25, 0.3) is 6.71 Å². The number of benzene rings is 6. The summed E-state index contributed by atoms with van der Waals surface area (Å²) < 4.78 is 5.31. The molecule has 2 aliphatic heterocycles. The van der Waals surface area contributed by atoms with Crippen LogP contribution in [0.25, 0.3) is 49.1 Å². The average Bonchev–Trinajstić information content (AvgIpc) is 3.65. The SMILES string of the molecule is c1ccc(-c2c(-c3ccccc3)n3c4c(cccc24)B2c4sc5ccccc5c4N(c4ccccc4)c4cccc-3c42)cc1. The Morgan fingerprint density at radius 1 is 0.523 bits per heavy atom. The predicted octanol–water partition coefficient (Wildman–Crippen LogP) is 8.79. The highest BCUT2D eigenvalue weighted by atomic mass is 32.1. The first-order valence-electron chi connectivity index (χ1n) is 15.2. The molecule has 44 heavy (non-hydrogen) atoms. The highest BCUT2D eigenvalue weighted by Gasteiger charge is 2.44. The van der Waals surface area contributed by atoms with Gasteiger partial charge in [-0.3, -0.25) is 0 Å². The van der Waals surface area contributed by atoms with Crippen molar-refractivity contribution >= 4 is 71.8 Å². The van der Waals surface area contributed by atoms with Crippen LogP contribution in [0.5, 0.6) is 0 Å². The van der Waals surface area contributed by atoms with Crippen molar-refractivity contribution < 1.29 is 0 Å². The maximum absolute atomic E-state index is 2.57. The minimum absolute atomic E-state index is 0.145. The van der Waals surface area contributed by atoms with Crippen molar-refractivity contribution in [2.75, 3.05) is 4.90 Å². The lowest BCUT2D eigenvalue weighted by molar-refractivity contribution is 1.14. The summed E-state index contributed by atoms with van der Waals surface area (Å²) in [7, 11) is 0. The quantitative estimate of drug-likeness (QED) is 0.191. The number of nitrogens with zero attached hydrogens (tertiary/aromatic N) is 2. The Kier molecular flexibility index (Phi) is 4.99. The fraction of sp³-hybridized carbons (Fsp3) is 0. The van der Waals surface area contributed by atoms with Crippen molar-refractivity contribution in [1.82, 2.24) is 4.57 Å². The smallest absolute Gasteiger partial charge is 0.264 e. The zero-order valence-corrected chi connectivity index (χ0v) is 24.6. The molecule has 0 saturated carbocycles. The normalized spacial score (nSPS) is 12.9. The molecule has 0 unspecified atom stereocenters. The molecule has 0 N–H and O–H groups in total. The van der Waals surface area contributed by atoms with Crippen LogP contribution in [0.4, 0.5) is 17.1 Å². The summed E-state index contributed by atoms with van der Waals surface area (Å²) >= 11 is 1.95. The molecule has 2 aliphatic rings. The van der Waals surface area contributed by atoms with E-state index in [0.717, 1.165) is 0 Å². The predicted molar refractivity (Wildman–Crippen MR) is 189 cm³/mol. The topological polar surface area (TPSA) is 8.17 Å². The van der Waals surface area contributed by atoms with Crippen LogP contribution in [0.15, 0.2) is 152 Å². The van der Waals surface area contributed by atoms with Gasteiger partial charge >= 0.3 is 0 Å². The average molecular weight is 577 g/mol. The lowest BCUT2D eigenvalue weighted by Crippen LogP contribution is -2.59. The highest BCUT2D eigenvalue weighted by Crippen LogP contribution is 2.48. The van der Waals surface area contributed by atoms with Crippen LogP contribution in [-0.2, 0) is 0 Å². The summed E-state index contributed by atoms with van der Waals surface area (Å²) in [4.78, 5) is 2.51. The second kappa shape index (κ2) is 9.09. The van der Waals surface area contributed by atoms with Gasteiger partial charge in [-0.05, 0) is 52.4 Å². The van der Waals surface area contributed by atoms with Crippen molar-refractivity contribution in [1.29, 1.82) is 0 Å². The molecule has 204 valence electrons. The third kappa shape index (κ3) is 3.15. The molecule has 10 rings (SSSR count). The van der Waals surface area contributed by atoms with E-state index in [4.69, 9.17) is 0 Å². The lowest BCUT2D eigenvalue weighted by atomic mass is 9.36. The third-order valence-electron chi connectivity index (χ3n) is 9.37. The van der Waals surface area contributed by atoms with Gasteiger partial charge in [-0.25, -0.2) is 0 Å². The van der Waals surface area contributed by atoms with E-state index >= 15 is 0 Å². The summed E-state index contributed by atoms with van der Waals surface area (Å²) in [5.74, 6) is 0. The van der Waals surface area contributed by atoms with Gasteiger partial charge in [0.1, 0.15) is 0 Å². The largest absolute Gasteiger partial charge is 0.310 e. The molecule has 2 nitrogen and oxygen atoms in total. The van der Waals surface area contributed by atoms with E-state index in [2.05, 4.69) is 161 Å². The van der Waals surface area contributed by atoms with E-state index < -0.39 is 0 Å². The van der Waals surface area contributed by atoms with E-state index in [9.17, 15) is 0 Å². The van der Waals surface area contributed by atoms with Gasteiger partial charge in [0.05, 0.1) is 11.4 Å². The minimum Gasteiger partial charge on any atom is -0.310 e. The van der Waals surface area contributed by atoms with Gasteiger partial charge in [-0.15, -0.1) is 11.3 Å². The zero-order chi connectivity index (χ0) is 28.8. The number of para-hydroxylation sites is 2. The maximum atomic E-state index is 2.57. The van der Waals surface area contributed by atoms with Crippen LogP contribution in [0.3, 0.4) is 0 Å². The number of hydrogen-bond donors (Lipinski definition) is 0. The summed E-state index contributed by atoms with van der Waals surface area (Å²) in [6.45, 7) is 0.145. The molecule has 0 aliphatic carbocycles. The van der Waals surface area contributed by atoms with Crippen LogP contribution in [0.1, 0.15) is 0 Å². The van der Waals surface area contributed by atoms with Crippen molar-refractivity contribution in [2.45, 2.75) is 0 Å². The molecular formula is C40H25BN2S. The molecular weight excluding hydrogens is 551 g/mol. The van der Waals surface area contributed by atoms with Gasteiger partial charge in [0.2, 0.25) is 0 Å². The minimum atomic E-state index is 0.145. The number of fused-ring (bicyclic) bond motifs is 6. The van der Waals surface area contributed by atoms with Gasteiger partial charge in [0.15, 0.2) is 0 Å². The number of aromatic nitrogens is 1. The van der Waals surface area contributed by atoms with Crippen molar-refractivity contribution in [3.63, 3.8) is 0 Å². The zero-order valence-electron chi connectivity index (χ0n) is 23.8. The van der Waals surface area contributed by atoms with Crippen LogP contribution >= 0.6 is 11.3 Å². The second-order valence-electron chi connectivity index (χ2n) is 11.7. The fourth-order valence-electron chi connectivity index (χ4n) is 7.70. The maximum Gasteiger partial charge on any atom is 0.264 e. The standard InChI is InChI=1S/C40H25BN2S/c1-4-14-26(15-5-1)35-30-21-12-22-31-38(30)43(37(35)27-16-6-2-7-17-27)33-24-13-23-32-36(33)41(31)40-39(29-20-10-11-25-34(29)44-40)42(32)28-18-8-3-9-19-28/h1-25H. The fourth-order valence-corrected chi connectivity index (χ4v) is 9.02. The molecule has 0 bridgehead atoms. The Balaban J connectivity index is 1.40. The Morgan fingerprint density at radius 3 is 1.95 bits per heavy atom. The number of hydrogen-bond acceptors (Lipinski definition) is 2. The van der Waals surface area contributed by atoms with Gasteiger partial charge in [-0.2, -0.15) is 0 Å².